The van der Waals surface area contributed by atoms with Gasteiger partial charge in [0, 0.05) is 5.39 Å². The maximum atomic E-state index is 11.9. The lowest BCUT2D eigenvalue weighted by molar-refractivity contribution is 0.114. The lowest BCUT2D eigenvalue weighted by atomic mass is 10.1. The second-order valence-electron chi connectivity index (χ2n) is 5.01. The zero-order chi connectivity index (χ0) is 14.4. The Bertz CT molecular complexity index is 575. The maximum Gasteiger partial charge on any atom is 0.411 e. The number of ether oxygens (including phenoxy) is 1. The van der Waals surface area contributed by atoms with Gasteiger partial charge in [-0.25, -0.2) is 4.79 Å². The fraction of sp³-hybridized carbons (Fsp3) is 0.353. The Hall–Kier alpha value is -2.03. The minimum atomic E-state index is -0.384. The molecule has 20 heavy (non-hydrogen) atoms. The molecular weight excluding hydrogens is 250 g/mol. The Labute approximate surface area is 119 Å². The van der Waals surface area contributed by atoms with Gasteiger partial charge in [0.25, 0.3) is 0 Å². The quantitative estimate of drug-likeness (QED) is 0.834. The van der Waals surface area contributed by atoms with Gasteiger partial charge in [0.15, 0.2) is 0 Å². The first-order valence-electron chi connectivity index (χ1n) is 7.16. The van der Waals surface area contributed by atoms with Gasteiger partial charge in [-0.15, -0.1) is 0 Å². The monoisotopic (exact) mass is 271 g/mol. The number of benzene rings is 2. The normalized spacial score (nSPS) is 12.1. The molecule has 0 aromatic heterocycles. The van der Waals surface area contributed by atoms with Gasteiger partial charge in [0.05, 0.1) is 5.69 Å². The number of hydrogen-bond donors (Lipinski definition) is 1. The molecule has 2 rings (SSSR count). The fourth-order valence-electron chi connectivity index (χ4n) is 2.21. The molecule has 2 aromatic rings. The number of hydrogen-bond acceptors (Lipinski definition) is 2. The average Bonchev–Trinajstić information content (AvgIpc) is 2.45. The molecule has 0 spiro atoms. The van der Waals surface area contributed by atoms with Gasteiger partial charge in [-0.3, -0.25) is 5.32 Å². The van der Waals surface area contributed by atoms with Crippen molar-refractivity contribution < 1.29 is 9.53 Å². The summed E-state index contributed by atoms with van der Waals surface area (Å²) < 4.78 is 5.36. The Morgan fingerprint density at radius 3 is 2.75 bits per heavy atom. The highest BCUT2D eigenvalue weighted by molar-refractivity contribution is 6.00. The van der Waals surface area contributed by atoms with E-state index < -0.39 is 0 Å². The zero-order valence-electron chi connectivity index (χ0n) is 12.1. The number of rotatable bonds is 5. The molecule has 0 bridgehead atoms. The van der Waals surface area contributed by atoms with Crippen LogP contribution < -0.4 is 5.32 Å². The molecule has 0 heterocycles. The van der Waals surface area contributed by atoms with Gasteiger partial charge in [0.1, 0.15) is 6.10 Å². The largest absolute Gasteiger partial charge is 0.446 e. The lowest BCUT2D eigenvalue weighted by Crippen LogP contribution is -2.20. The zero-order valence-corrected chi connectivity index (χ0v) is 12.1. The molecule has 1 amide bonds. The van der Waals surface area contributed by atoms with Crippen LogP contribution in [-0.4, -0.2) is 12.2 Å². The van der Waals surface area contributed by atoms with E-state index in [1.165, 1.54) is 0 Å². The van der Waals surface area contributed by atoms with Crippen LogP contribution in [0.15, 0.2) is 42.5 Å². The van der Waals surface area contributed by atoms with E-state index in [1.807, 2.05) is 49.4 Å². The summed E-state index contributed by atoms with van der Waals surface area (Å²) in [6.07, 6.45) is 2.65. The van der Waals surface area contributed by atoms with Crippen molar-refractivity contribution in [2.24, 2.45) is 0 Å². The molecule has 0 fully saturated rings. The maximum absolute atomic E-state index is 11.9. The minimum Gasteiger partial charge on any atom is -0.446 e. The third-order valence-corrected chi connectivity index (χ3v) is 3.30. The molecule has 0 aliphatic rings. The SMILES string of the molecule is CCCC[C@H](C)OC(=O)Nc1cccc2ccccc12. The summed E-state index contributed by atoms with van der Waals surface area (Å²) in [5, 5.41) is 4.95. The van der Waals surface area contributed by atoms with Gasteiger partial charge in [0.2, 0.25) is 0 Å². The third kappa shape index (κ3) is 3.73. The Morgan fingerprint density at radius 1 is 1.20 bits per heavy atom. The molecule has 3 nitrogen and oxygen atoms in total. The number of fused-ring (bicyclic) bond motifs is 1. The molecule has 0 aliphatic heterocycles. The van der Waals surface area contributed by atoms with Crippen molar-refractivity contribution in [3.63, 3.8) is 0 Å². The lowest BCUT2D eigenvalue weighted by Gasteiger charge is -2.14. The average molecular weight is 271 g/mol. The molecule has 0 saturated carbocycles. The molecule has 0 radical (unpaired) electrons. The number of anilines is 1. The van der Waals surface area contributed by atoms with Crippen molar-refractivity contribution in [3.05, 3.63) is 42.5 Å². The van der Waals surface area contributed by atoms with Gasteiger partial charge in [-0.2, -0.15) is 0 Å². The summed E-state index contributed by atoms with van der Waals surface area (Å²) in [5.41, 5.74) is 0.788. The van der Waals surface area contributed by atoms with E-state index in [0.29, 0.717) is 0 Å². The van der Waals surface area contributed by atoms with Crippen molar-refractivity contribution in [3.8, 4) is 0 Å². The fourth-order valence-corrected chi connectivity index (χ4v) is 2.21. The molecule has 0 saturated heterocycles. The van der Waals surface area contributed by atoms with Crippen molar-refractivity contribution >= 4 is 22.6 Å². The second kappa shape index (κ2) is 6.94. The number of carbonyl (C=O) groups excluding carboxylic acids is 1. The molecular formula is C17H21NO2. The van der Waals surface area contributed by atoms with Crippen LogP contribution in [0.2, 0.25) is 0 Å². The predicted octanol–water partition coefficient (Wildman–Crippen LogP) is 4.97. The highest BCUT2D eigenvalue weighted by Crippen LogP contribution is 2.23. The van der Waals surface area contributed by atoms with Crippen LogP contribution in [0.4, 0.5) is 10.5 Å². The van der Waals surface area contributed by atoms with Crippen molar-refractivity contribution in [2.45, 2.75) is 39.2 Å². The van der Waals surface area contributed by atoms with E-state index in [2.05, 4.69) is 12.2 Å². The molecule has 1 N–H and O–H groups in total. The summed E-state index contributed by atoms with van der Waals surface area (Å²) in [7, 11) is 0. The number of nitrogens with one attached hydrogen (secondary N) is 1. The molecule has 3 heteroatoms. The van der Waals surface area contributed by atoms with Crippen LogP contribution in [-0.2, 0) is 4.74 Å². The highest BCUT2D eigenvalue weighted by Gasteiger charge is 2.10. The van der Waals surface area contributed by atoms with Crippen LogP contribution in [0.5, 0.6) is 0 Å². The van der Waals surface area contributed by atoms with Gasteiger partial charge in [-0.05, 0) is 24.8 Å². The van der Waals surface area contributed by atoms with Crippen LogP contribution in [0.1, 0.15) is 33.1 Å². The van der Waals surface area contributed by atoms with Crippen molar-refractivity contribution in [2.75, 3.05) is 5.32 Å². The van der Waals surface area contributed by atoms with Crippen LogP contribution >= 0.6 is 0 Å². The molecule has 1 atom stereocenters. The van der Waals surface area contributed by atoms with Crippen molar-refractivity contribution in [1.29, 1.82) is 0 Å². The van der Waals surface area contributed by atoms with Gasteiger partial charge in [-0.1, -0.05) is 56.2 Å². The van der Waals surface area contributed by atoms with E-state index in [9.17, 15) is 4.79 Å². The topological polar surface area (TPSA) is 38.3 Å². The summed E-state index contributed by atoms with van der Waals surface area (Å²) in [6, 6.07) is 13.8. The standard InChI is InChI=1S/C17H21NO2/c1-3-4-8-13(2)20-17(19)18-16-12-7-10-14-9-5-6-11-15(14)16/h5-7,9-13H,3-4,8H2,1-2H3,(H,18,19)/t13-/m0/s1. The smallest absolute Gasteiger partial charge is 0.411 e. The number of carbonyl (C=O) groups is 1. The van der Waals surface area contributed by atoms with E-state index in [-0.39, 0.29) is 12.2 Å². The first kappa shape index (κ1) is 14.4. The molecule has 0 aliphatic carbocycles. The van der Waals surface area contributed by atoms with Crippen LogP contribution in [0, 0.1) is 0 Å². The van der Waals surface area contributed by atoms with E-state index in [1.54, 1.807) is 0 Å². The van der Waals surface area contributed by atoms with Gasteiger partial charge >= 0.3 is 6.09 Å². The molecule has 0 unspecified atom stereocenters. The van der Waals surface area contributed by atoms with Gasteiger partial charge < -0.3 is 4.74 Å². The highest BCUT2D eigenvalue weighted by atomic mass is 16.6. The van der Waals surface area contributed by atoms with E-state index in [4.69, 9.17) is 4.74 Å². The molecule has 2 aromatic carbocycles. The van der Waals surface area contributed by atoms with Crippen LogP contribution in [0.25, 0.3) is 10.8 Å². The third-order valence-electron chi connectivity index (χ3n) is 3.30. The summed E-state index contributed by atoms with van der Waals surface area (Å²) in [5.74, 6) is 0. The summed E-state index contributed by atoms with van der Waals surface area (Å²) in [6.45, 7) is 4.06. The predicted molar refractivity (Wildman–Crippen MR) is 83.0 cm³/mol. The molecule has 106 valence electrons. The summed E-state index contributed by atoms with van der Waals surface area (Å²) in [4.78, 5) is 11.9. The summed E-state index contributed by atoms with van der Waals surface area (Å²) >= 11 is 0. The van der Waals surface area contributed by atoms with Crippen molar-refractivity contribution in [1.82, 2.24) is 0 Å². The first-order valence-corrected chi connectivity index (χ1v) is 7.16. The van der Waals surface area contributed by atoms with E-state index >= 15 is 0 Å². The Balaban J connectivity index is 2.03. The Kier molecular flexibility index (Phi) is 4.99. The first-order chi connectivity index (χ1) is 9.70. The Morgan fingerprint density at radius 2 is 1.95 bits per heavy atom. The van der Waals surface area contributed by atoms with Crippen LogP contribution in [0.3, 0.4) is 0 Å². The second-order valence-corrected chi connectivity index (χ2v) is 5.01. The minimum absolute atomic E-state index is 0.0510. The number of unbranched alkanes of at least 4 members (excludes halogenated alkanes) is 1. The number of amides is 1. The van der Waals surface area contributed by atoms with E-state index in [0.717, 1.165) is 35.7 Å².